The summed E-state index contributed by atoms with van der Waals surface area (Å²) < 4.78 is 5.61. The summed E-state index contributed by atoms with van der Waals surface area (Å²) in [4.78, 5) is 26.3. The zero-order valence-corrected chi connectivity index (χ0v) is 18.7. The quantitative estimate of drug-likeness (QED) is 0.712. The van der Waals surface area contributed by atoms with Crippen molar-refractivity contribution in [1.82, 2.24) is 5.32 Å². The molecule has 0 saturated carbocycles. The molecule has 1 amide bonds. The Hall–Kier alpha value is -3.34. The summed E-state index contributed by atoms with van der Waals surface area (Å²) in [5.74, 6) is -0.591. The Bertz CT molecular complexity index is 1070. The first-order valence-electron chi connectivity index (χ1n) is 11.0. The van der Waals surface area contributed by atoms with E-state index in [0.717, 1.165) is 28.0 Å². The number of nitrogens with one attached hydrogen (secondary N) is 1. The molecule has 0 fully saturated rings. The molecule has 5 heteroatoms. The fourth-order valence-electron chi connectivity index (χ4n) is 4.90. The first-order valence-corrected chi connectivity index (χ1v) is 11.0. The van der Waals surface area contributed by atoms with E-state index in [2.05, 4.69) is 5.32 Å². The number of aliphatic carboxylic acids is 1. The van der Waals surface area contributed by atoms with Crippen LogP contribution in [0.5, 0.6) is 0 Å². The summed E-state index contributed by atoms with van der Waals surface area (Å²) in [6, 6.07) is 17.6. The second-order valence-corrected chi connectivity index (χ2v) is 9.08. The minimum Gasteiger partial charge on any atom is -0.496 e. The van der Waals surface area contributed by atoms with Crippen LogP contribution in [0.2, 0.25) is 0 Å². The van der Waals surface area contributed by atoms with Gasteiger partial charge in [0.05, 0.1) is 12.5 Å². The first kappa shape index (κ1) is 21.9. The fourth-order valence-corrected chi connectivity index (χ4v) is 4.90. The SMILES string of the molecule is COC1=C(c2ccccc2)CC(C(=O)NC2(C(=O)O)Cc3ccccc3C2)(C(C)C)C=C1. The maximum atomic E-state index is 13.9. The number of rotatable bonds is 6. The molecule has 2 aromatic rings. The van der Waals surface area contributed by atoms with Gasteiger partial charge in [-0.15, -0.1) is 0 Å². The third-order valence-corrected chi connectivity index (χ3v) is 6.96. The normalized spacial score (nSPS) is 21.4. The molecule has 2 aliphatic rings. The molecule has 166 valence electrons. The third kappa shape index (κ3) is 3.62. The number of carbonyl (C=O) groups excluding carboxylic acids is 1. The lowest BCUT2D eigenvalue weighted by Gasteiger charge is -2.39. The van der Waals surface area contributed by atoms with Crippen LogP contribution in [0.3, 0.4) is 0 Å². The summed E-state index contributed by atoms with van der Waals surface area (Å²) in [5, 5.41) is 13.1. The van der Waals surface area contributed by atoms with Gasteiger partial charge in [-0.2, -0.15) is 0 Å². The van der Waals surface area contributed by atoms with Crippen LogP contribution in [0, 0.1) is 11.3 Å². The topological polar surface area (TPSA) is 75.6 Å². The third-order valence-electron chi connectivity index (χ3n) is 6.96. The van der Waals surface area contributed by atoms with Gasteiger partial charge in [0.2, 0.25) is 5.91 Å². The van der Waals surface area contributed by atoms with Crippen LogP contribution in [0.1, 0.15) is 37.0 Å². The van der Waals surface area contributed by atoms with Crippen LogP contribution in [-0.4, -0.2) is 29.6 Å². The van der Waals surface area contributed by atoms with Gasteiger partial charge in [-0.3, -0.25) is 4.79 Å². The van der Waals surface area contributed by atoms with Crippen LogP contribution in [0.4, 0.5) is 0 Å². The summed E-state index contributed by atoms with van der Waals surface area (Å²) in [5.41, 5.74) is 1.66. The van der Waals surface area contributed by atoms with Crippen molar-refractivity contribution in [2.24, 2.45) is 11.3 Å². The van der Waals surface area contributed by atoms with Gasteiger partial charge in [0, 0.05) is 18.4 Å². The van der Waals surface area contributed by atoms with Gasteiger partial charge < -0.3 is 15.2 Å². The molecule has 0 bridgehead atoms. The zero-order valence-electron chi connectivity index (χ0n) is 18.7. The number of carboxylic acids is 1. The van der Waals surface area contributed by atoms with Crippen molar-refractivity contribution in [1.29, 1.82) is 0 Å². The average Bonchev–Trinajstić information content (AvgIpc) is 3.18. The van der Waals surface area contributed by atoms with Crippen molar-refractivity contribution in [2.45, 2.75) is 38.6 Å². The number of hydrogen-bond acceptors (Lipinski definition) is 3. The van der Waals surface area contributed by atoms with E-state index in [4.69, 9.17) is 4.74 Å². The minimum atomic E-state index is -1.34. The predicted octanol–water partition coefficient (Wildman–Crippen LogP) is 4.38. The van der Waals surface area contributed by atoms with Gasteiger partial charge in [-0.25, -0.2) is 4.79 Å². The highest BCUT2D eigenvalue weighted by Crippen LogP contribution is 2.45. The average molecular weight is 432 g/mol. The number of carbonyl (C=O) groups is 2. The molecule has 32 heavy (non-hydrogen) atoms. The second-order valence-electron chi connectivity index (χ2n) is 9.08. The molecule has 5 nitrogen and oxygen atoms in total. The van der Waals surface area contributed by atoms with E-state index in [1.165, 1.54) is 0 Å². The van der Waals surface area contributed by atoms with Gasteiger partial charge >= 0.3 is 5.97 Å². The van der Waals surface area contributed by atoms with Crippen LogP contribution >= 0.6 is 0 Å². The molecule has 1 atom stereocenters. The molecule has 0 heterocycles. The van der Waals surface area contributed by atoms with Crippen molar-refractivity contribution >= 4 is 17.4 Å². The number of allylic oxidation sites excluding steroid dienone is 2. The number of methoxy groups -OCH3 is 1. The number of fused-ring (bicyclic) bond motifs is 1. The monoisotopic (exact) mass is 431 g/mol. The number of carboxylic acid groups (broad SMARTS) is 1. The number of ether oxygens (including phenoxy) is 1. The van der Waals surface area contributed by atoms with Crippen molar-refractivity contribution in [3.8, 4) is 0 Å². The highest BCUT2D eigenvalue weighted by Gasteiger charge is 2.50. The van der Waals surface area contributed by atoms with Gasteiger partial charge in [-0.05, 0) is 35.1 Å². The number of hydrogen-bond donors (Lipinski definition) is 2. The molecule has 0 aromatic heterocycles. The first-order chi connectivity index (χ1) is 15.3. The fraction of sp³-hybridized carbons (Fsp3) is 0.333. The second kappa shape index (κ2) is 8.30. The van der Waals surface area contributed by atoms with E-state index >= 15 is 0 Å². The Morgan fingerprint density at radius 1 is 0.969 bits per heavy atom. The lowest BCUT2D eigenvalue weighted by molar-refractivity contribution is -0.149. The molecule has 2 N–H and O–H groups in total. The molecule has 2 aliphatic carbocycles. The Balaban J connectivity index is 1.69. The standard InChI is InChI=1S/C27H29NO4/c1-18(2)26(14-13-23(32-3)22(17-26)19-9-5-4-6-10-19)24(29)28-27(25(30)31)15-20-11-7-8-12-21(20)16-27/h4-14,18H,15-17H2,1-3H3,(H,28,29)(H,30,31). The lowest BCUT2D eigenvalue weighted by atomic mass is 9.68. The summed E-state index contributed by atoms with van der Waals surface area (Å²) >= 11 is 0. The van der Waals surface area contributed by atoms with Gasteiger partial charge in [-0.1, -0.05) is 74.5 Å². The van der Waals surface area contributed by atoms with Crippen molar-refractivity contribution < 1.29 is 19.4 Å². The molecule has 0 saturated heterocycles. The zero-order chi connectivity index (χ0) is 22.9. The van der Waals surface area contributed by atoms with Crippen LogP contribution < -0.4 is 5.32 Å². The number of benzene rings is 2. The van der Waals surface area contributed by atoms with E-state index in [0.29, 0.717) is 6.42 Å². The van der Waals surface area contributed by atoms with Gasteiger partial charge in [0.25, 0.3) is 0 Å². The van der Waals surface area contributed by atoms with Crippen LogP contribution in [0.25, 0.3) is 5.57 Å². The van der Waals surface area contributed by atoms with Crippen LogP contribution in [-0.2, 0) is 27.2 Å². The van der Waals surface area contributed by atoms with E-state index < -0.39 is 16.9 Å². The highest BCUT2D eigenvalue weighted by atomic mass is 16.5. The van der Waals surface area contributed by atoms with Gasteiger partial charge in [0.1, 0.15) is 11.3 Å². The summed E-state index contributed by atoms with van der Waals surface area (Å²) in [7, 11) is 1.63. The van der Waals surface area contributed by atoms with E-state index in [1.807, 2.05) is 80.6 Å². The minimum absolute atomic E-state index is 0.0505. The summed E-state index contributed by atoms with van der Waals surface area (Å²) in [6.07, 6.45) is 4.74. The molecular formula is C27H29NO4. The molecule has 4 rings (SSSR count). The Labute approximate surface area is 188 Å². The lowest BCUT2D eigenvalue weighted by Crippen LogP contribution is -2.59. The maximum absolute atomic E-state index is 13.9. The van der Waals surface area contributed by atoms with Crippen molar-refractivity contribution in [3.05, 3.63) is 89.2 Å². The molecule has 1 unspecified atom stereocenters. The predicted molar refractivity (Wildman–Crippen MR) is 124 cm³/mol. The Kier molecular flexibility index (Phi) is 5.68. The number of amides is 1. The molecule has 2 aromatic carbocycles. The van der Waals surface area contributed by atoms with E-state index in [-0.39, 0.29) is 24.7 Å². The van der Waals surface area contributed by atoms with Crippen molar-refractivity contribution in [2.75, 3.05) is 7.11 Å². The smallest absolute Gasteiger partial charge is 0.330 e. The van der Waals surface area contributed by atoms with Crippen LogP contribution in [0.15, 0.2) is 72.5 Å². The Morgan fingerprint density at radius 2 is 1.56 bits per heavy atom. The van der Waals surface area contributed by atoms with Gasteiger partial charge in [0.15, 0.2) is 0 Å². The highest BCUT2D eigenvalue weighted by molar-refractivity contribution is 5.94. The van der Waals surface area contributed by atoms with E-state index in [1.54, 1.807) is 7.11 Å². The maximum Gasteiger partial charge on any atom is 0.330 e. The molecule has 0 aliphatic heterocycles. The molecule has 0 radical (unpaired) electrons. The Morgan fingerprint density at radius 3 is 2.09 bits per heavy atom. The largest absolute Gasteiger partial charge is 0.496 e. The molecule has 0 spiro atoms. The molecular weight excluding hydrogens is 402 g/mol. The van der Waals surface area contributed by atoms with E-state index in [9.17, 15) is 14.7 Å². The summed E-state index contributed by atoms with van der Waals surface area (Å²) in [6.45, 7) is 4.00. The van der Waals surface area contributed by atoms with Crippen molar-refractivity contribution in [3.63, 3.8) is 0 Å².